The molecule has 6 heteroatoms. The third-order valence-electron chi connectivity index (χ3n) is 2.89. The van der Waals surface area contributed by atoms with E-state index >= 15 is 0 Å². The number of thioether (sulfide) groups is 1. The minimum atomic E-state index is -2.45. The highest BCUT2D eigenvalue weighted by Crippen LogP contribution is 2.25. The van der Waals surface area contributed by atoms with Gasteiger partial charge in [-0.25, -0.2) is 0 Å². The Morgan fingerprint density at radius 3 is 2.35 bits per heavy atom. The summed E-state index contributed by atoms with van der Waals surface area (Å²) in [4.78, 5) is 14.2. The molecule has 0 aliphatic carbocycles. The van der Waals surface area contributed by atoms with E-state index in [-0.39, 0.29) is 11.3 Å². The van der Waals surface area contributed by atoms with Gasteiger partial charge in [0.1, 0.15) is 0 Å². The minimum absolute atomic E-state index is 0.139. The molecule has 112 valence electrons. The number of alkyl halides is 2. The van der Waals surface area contributed by atoms with Gasteiger partial charge in [0.25, 0.3) is 11.7 Å². The zero-order valence-electron chi connectivity index (χ0n) is 11.9. The van der Waals surface area contributed by atoms with Gasteiger partial charge < -0.3 is 10.6 Å². The van der Waals surface area contributed by atoms with Crippen molar-refractivity contribution in [2.75, 3.05) is 20.1 Å². The molecule has 0 bridgehead atoms. The maximum Gasteiger partial charge on any atom is 0.288 e. The van der Waals surface area contributed by atoms with Gasteiger partial charge in [0.05, 0.1) is 0 Å². The minimum Gasteiger partial charge on any atom is -0.341 e. The van der Waals surface area contributed by atoms with Gasteiger partial charge in [-0.2, -0.15) is 8.78 Å². The molecule has 0 aliphatic rings. The molecule has 0 spiro atoms. The number of carbonyl (C=O) groups is 1. The third kappa shape index (κ3) is 5.09. The quantitative estimate of drug-likeness (QED) is 0.822. The molecule has 1 rings (SSSR count). The smallest absolute Gasteiger partial charge is 0.288 e. The number of nitrogens with zero attached hydrogens (tertiary/aromatic N) is 1. The Labute approximate surface area is 122 Å². The molecule has 1 amide bonds. The molecular weight excluding hydrogens is 282 g/mol. The van der Waals surface area contributed by atoms with Gasteiger partial charge in [-0.05, 0) is 36.2 Å². The Hall–Kier alpha value is -1.14. The van der Waals surface area contributed by atoms with Crippen LogP contribution in [0.4, 0.5) is 8.78 Å². The van der Waals surface area contributed by atoms with Crippen molar-refractivity contribution in [3.8, 4) is 0 Å². The van der Waals surface area contributed by atoms with Crippen molar-refractivity contribution in [2.45, 2.75) is 24.5 Å². The van der Waals surface area contributed by atoms with Crippen molar-refractivity contribution in [3.05, 3.63) is 29.8 Å². The summed E-state index contributed by atoms with van der Waals surface area (Å²) >= 11 is 0.466. The number of rotatable bonds is 6. The monoisotopic (exact) mass is 302 g/mol. The van der Waals surface area contributed by atoms with Gasteiger partial charge in [0.15, 0.2) is 0 Å². The number of amides is 1. The molecule has 0 saturated carbocycles. The van der Waals surface area contributed by atoms with E-state index in [0.717, 1.165) is 0 Å². The molecule has 0 unspecified atom stereocenters. The van der Waals surface area contributed by atoms with Gasteiger partial charge in [0, 0.05) is 24.1 Å². The largest absolute Gasteiger partial charge is 0.341 e. The molecule has 0 atom stereocenters. The lowest BCUT2D eigenvalue weighted by Crippen LogP contribution is -2.39. The van der Waals surface area contributed by atoms with Gasteiger partial charge in [-0.3, -0.25) is 4.79 Å². The summed E-state index contributed by atoms with van der Waals surface area (Å²) in [6, 6.07) is 6.20. The second kappa shape index (κ2) is 7.04. The first-order chi connectivity index (χ1) is 9.25. The zero-order valence-corrected chi connectivity index (χ0v) is 12.7. The molecule has 20 heavy (non-hydrogen) atoms. The fourth-order valence-electron chi connectivity index (χ4n) is 1.78. The van der Waals surface area contributed by atoms with E-state index in [0.29, 0.717) is 35.3 Å². The Morgan fingerprint density at radius 2 is 1.90 bits per heavy atom. The second-order valence-electron chi connectivity index (χ2n) is 5.43. The summed E-state index contributed by atoms with van der Waals surface area (Å²) in [5.74, 6) is -2.59. The molecule has 0 heterocycles. The third-order valence-corrected chi connectivity index (χ3v) is 3.61. The van der Waals surface area contributed by atoms with Gasteiger partial charge in [0.2, 0.25) is 0 Å². The predicted octanol–water partition coefficient (Wildman–Crippen LogP) is 3.06. The number of halogens is 2. The second-order valence-corrected chi connectivity index (χ2v) is 6.50. The van der Waals surface area contributed by atoms with E-state index < -0.39 is 5.76 Å². The first kappa shape index (κ1) is 16.9. The van der Waals surface area contributed by atoms with Crippen LogP contribution in [0.1, 0.15) is 24.2 Å². The van der Waals surface area contributed by atoms with E-state index in [1.54, 1.807) is 24.1 Å². The molecule has 1 aromatic carbocycles. The van der Waals surface area contributed by atoms with Crippen molar-refractivity contribution >= 4 is 17.7 Å². The van der Waals surface area contributed by atoms with Crippen molar-refractivity contribution < 1.29 is 13.6 Å². The van der Waals surface area contributed by atoms with Crippen LogP contribution in [0.2, 0.25) is 0 Å². The first-order valence-corrected chi connectivity index (χ1v) is 7.13. The maximum atomic E-state index is 12.2. The van der Waals surface area contributed by atoms with Crippen LogP contribution in [-0.4, -0.2) is 36.7 Å². The highest BCUT2D eigenvalue weighted by molar-refractivity contribution is 7.99. The van der Waals surface area contributed by atoms with Crippen LogP contribution in [0.5, 0.6) is 0 Å². The molecule has 0 aromatic heterocycles. The standard InChI is InChI=1S/C14H20F2N2OS/c1-14(2,8-17)9-18(3)12(19)10-4-6-11(7-5-10)20-13(15)16/h4-7,13H,8-9,17H2,1-3H3. The average molecular weight is 302 g/mol. The summed E-state index contributed by atoms with van der Waals surface area (Å²) in [5.41, 5.74) is 5.98. The van der Waals surface area contributed by atoms with Crippen LogP contribution in [0.15, 0.2) is 29.2 Å². The lowest BCUT2D eigenvalue weighted by molar-refractivity contribution is 0.0740. The number of hydrogen-bond donors (Lipinski definition) is 1. The van der Waals surface area contributed by atoms with Crippen LogP contribution in [0.25, 0.3) is 0 Å². The Balaban J connectivity index is 2.72. The number of benzene rings is 1. The Bertz CT molecular complexity index is 449. The van der Waals surface area contributed by atoms with E-state index in [4.69, 9.17) is 5.73 Å². The summed E-state index contributed by atoms with van der Waals surface area (Å²) < 4.78 is 24.4. The van der Waals surface area contributed by atoms with Gasteiger partial charge in [-0.1, -0.05) is 25.6 Å². The molecule has 0 aliphatic heterocycles. The summed E-state index contributed by atoms with van der Waals surface area (Å²) in [6.45, 7) is 4.99. The van der Waals surface area contributed by atoms with Crippen LogP contribution in [0.3, 0.4) is 0 Å². The Morgan fingerprint density at radius 1 is 1.35 bits per heavy atom. The molecule has 3 nitrogen and oxygen atoms in total. The fraction of sp³-hybridized carbons (Fsp3) is 0.500. The van der Waals surface area contributed by atoms with Gasteiger partial charge in [-0.15, -0.1) is 0 Å². The lowest BCUT2D eigenvalue weighted by atomic mass is 9.93. The Kier molecular flexibility index (Phi) is 5.95. The van der Waals surface area contributed by atoms with Crippen molar-refractivity contribution in [3.63, 3.8) is 0 Å². The lowest BCUT2D eigenvalue weighted by Gasteiger charge is -2.29. The number of hydrogen-bond acceptors (Lipinski definition) is 3. The van der Waals surface area contributed by atoms with Crippen LogP contribution in [-0.2, 0) is 0 Å². The van der Waals surface area contributed by atoms with E-state index in [1.165, 1.54) is 12.1 Å². The van der Waals surface area contributed by atoms with Crippen LogP contribution < -0.4 is 5.73 Å². The normalized spacial score (nSPS) is 11.8. The first-order valence-electron chi connectivity index (χ1n) is 6.25. The van der Waals surface area contributed by atoms with E-state index in [1.807, 2.05) is 13.8 Å². The van der Waals surface area contributed by atoms with E-state index in [9.17, 15) is 13.6 Å². The van der Waals surface area contributed by atoms with E-state index in [2.05, 4.69) is 0 Å². The molecule has 0 fully saturated rings. The zero-order chi connectivity index (χ0) is 15.3. The topological polar surface area (TPSA) is 46.3 Å². The SMILES string of the molecule is CN(CC(C)(C)CN)C(=O)c1ccc(SC(F)F)cc1. The molecule has 0 radical (unpaired) electrons. The number of carbonyl (C=O) groups excluding carboxylic acids is 1. The van der Waals surface area contributed by atoms with Crippen molar-refractivity contribution in [1.82, 2.24) is 4.90 Å². The molecule has 2 N–H and O–H groups in total. The molecule has 1 aromatic rings. The van der Waals surface area contributed by atoms with Crippen molar-refractivity contribution in [2.24, 2.45) is 11.1 Å². The molecule has 0 saturated heterocycles. The molecular formula is C14H20F2N2OS. The highest BCUT2D eigenvalue weighted by atomic mass is 32.2. The fourth-order valence-corrected chi connectivity index (χ4v) is 2.28. The maximum absolute atomic E-state index is 12.2. The van der Waals surface area contributed by atoms with Gasteiger partial charge >= 0.3 is 0 Å². The number of nitrogens with two attached hydrogens (primary N) is 1. The summed E-state index contributed by atoms with van der Waals surface area (Å²) in [7, 11) is 1.71. The predicted molar refractivity (Wildman–Crippen MR) is 78.1 cm³/mol. The van der Waals surface area contributed by atoms with Crippen LogP contribution >= 0.6 is 11.8 Å². The highest BCUT2D eigenvalue weighted by Gasteiger charge is 2.21. The van der Waals surface area contributed by atoms with Crippen LogP contribution in [0, 0.1) is 5.41 Å². The average Bonchev–Trinajstić information content (AvgIpc) is 2.37. The summed E-state index contributed by atoms with van der Waals surface area (Å²) in [6.07, 6.45) is 0. The summed E-state index contributed by atoms with van der Waals surface area (Å²) in [5, 5.41) is 0. The van der Waals surface area contributed by atoms with Crippen molar-refractivity contribution in [1.29, 1.82) is 0 Å².